The predicted molar refractivity (Wildman–Crippen MR) is 246 cm³/mol. The van der Waals surface area contributed by atoms with E-state index in [9.17, 15) is 0 Å². The zero-order valence-corrected chi connectivity index (χ0v) is 36.3. The molecular weight excluding hydrogens is 745 g/mol. The topological polar surface area (TPSA) is 98.9 Å². The zero-order valence-electron chi connectivity index (χ0n) is 36.3. The summed E-state index contributed by atoms with van der Waals surface area (Å²) in [4.78, 5) is 42.5. The van der Waals surface area contributed by atoms with Crippen molar-refractivity contribution >= 4 is 46.2 Å². The van der Waals surface area contributed by atoms with Crippen molar-refractivity contribution in [1.82, 2.24) is 0 Å². The van der Waals surface area contributed by atoms with Crippen molar-refractivity contribution in [2.75, 3.05) is 52.4 Å². The van der Waals surface area contributed by atoms with Crippen molar-refractivity contribution in [3.05, 3.63) is 143 Å². The highest BCUT2D eigenvalue weighted by molar-refractivity contribution is 6.35. The number of allylic oxidation sites excluding steroid dienone is 8. The number of fused-ring (bicyclic) bond motifs is 4. The van der Waals surface area contributed by atoms with Gasteiger partial charge >= 0.3 is 0 Å². The molecule has 0 amide bonds. The second-order valence-corrected chi connectivity index (χ2v) is 16.0. The molecule has 12 nitrogen and oxygen atoms in total. The van der Waals surface area contributed by atoms with Crippen LogP contribution in [0.2, 0.25) is 0 Å². The normalized spacial score (nSPS) is 24.4. The van der Waals surface area contributed by atoms with Gasteiger partial charge in [0.2, 0.25) is 23.3 Å². The number of hydrogen-bond donors (Lipinski definition) is 0. The van der Waals surface area contributed by atoms with Crippen LogP contribution in [0.25, 0.3) is 0 Å². The van der Waals surface area contributed by atoms with E-state index in [1.165, 1.54) is 0 Å². The molecule has 9 rings (SSSR count). The molecule has 9 heterocycles. The van der Waals surface area contributed by atoms with Gasteiger partial charge in [-0.25, -0.2) is 37.9 Å². The van der Waals surface area contributed by atoms with Crippen LogP contribution in [0.1, 0.15) is 55.4 Å². The fourth-order valence-corrected chi connectivity index (χ4v) is 9.76. The van der Waals surface area contributed by atoms with Crippen molar-refractivity contribution in [3.63, 3.8) is 0 Å². The summed E-state index contributed by atoms with van der Waals surface area (Å²) < 4.78 is 2.36. The molecule has 0 aromatic rings. The smallest absolute Gasteiger partial charge is 0.244 e. The Morgan fingerprint density at radius 3 is 0.683 bits per heavy atom. The molecule has 60 heavy (non-hydrogen) atoms. The zero-order chi connectivity index (χ0) is 41.9. The number of nitrogens with zero attached hydrogens (tertiary/aromatic N) is 12. The Balaban J connectivity index is 1.38. The maximum atomic E-state index is 5.54. The molecule has 0 saturated heterocycles. The summed E-state index contributed by atoms with van der Waals surface area (Å²) >= 11 is 0. The lowest BCUT2D eigenvalue weighted by Gasteiger charge is -2.31. The van der Waals surface area contributed by atoms with E-state index >= 15 is 0 Å². The third-order valence-electron chi connectivity index (χ3n) is 13.9. The summed E-state index contributed by atoms with van der Waals surface area (Å²) in [5, 5.41) is 0. The first-order chi connectivity index (χ1) is 29.2. The van der Waals surface area contributed by atoms with Gasteiger partial charge in [-0.1, -0.05) is 0 Å². The minimum atomic E-state index is 0.589. The first-order valence-corrected chi connectivity index (χ1v) is 21.8. The molecule has 0 saturated carbocycles. The Morgan fingerprint density at radius 2 is 0.500 bits per heavy atom. The predicted octanol–water partition coefficient (Wildman–Crippen LogP) is 8.02. The van der Waals surface area contributed by atoms with Gasteiger partial charge in [-0.15, -0.1) is 0 Å². The van der Waals surface area contributed by atoms with Crippen molar-refractivity contribution in [3.8, 4) is 0 Å². The molecule has 0 unspecified atom stereocenters. The number of hydrogen-bond acceptors (Lipinski definition) is 8. The summed E-state index contributed by atoms with van der Waals surface area (Å²) in [5.74, 6) is 3.72. The summed E-state index contributed by atoms with van der Waals surface area (Å²) in [5.41, 5.74) is 10.1. The quantitative estimate of drug-likeness (QED) is 0.179. The van der Waals surface area contributed by atoms with Crippen LogP contribution in [-0.2, 0) is 0 Å². The van der Waals surface area contributed by atoms with E-state index < -0.39 is 0 Å². The molecule has 0 aliphatic carbocycles. The molecule has 12 heteroatoms. The van der Waals surface area contributed by atoms with E-state index in [-0.39, 0.29) is 0 Å². The second-order valence-electron chi connectivity index (χ2n) is 16.0. The average molecular weight is 801 g/mol. The van der Waals surface area contributed by atoms with Crippen LogP contribution >= 0.6 is 0 Å². The third-order valence-corrected chi connectivity index (χ3v) is 13.9. The van der Waals surface area contributed by atoms with E-state index in [1.807, 2.05) is 24.8 Å². The van der Waals surface area contributed by atoms with Crippen molar-refractivity contribution < 1.29 is 17.9 Å². The fourth-order valence-electron chi connectivity index (χ4n) is 9.76. The Labute approximate surface area is 354 Å². The maximum absolute atomic E-state index is 5.54. The van der Waals surface area contributed by atoms with Crippen LogP contribution in [0.5, 0.6) is 0 Å². The lowest BCUT2D eigenvalue weighted by Crippen LogP contribution is -2.48. The van der Waals surface area contributed by atoms with Gasteiger partial charge in [0.1, 0.15) is 47.1 Å². The summed E-state index contributed by atoms with van der Waals surface area (Å²) in [6, 6.07) is 0. The third kappa shape index (κ3) is 5.72. The van der Waals surface area contributed by atoms with Crippen molar-refractivity contribution in [2.45, 2.75) is 55.4 Å². The fraction of sp³-hybridized carbons (Fsp3) is 0.333. The summed E-state index contributed by atoms with van der Waals surface area (Å²) in [7, 11) is 0. The molecule has 304 valence electrons. The highest BCUT2D eigenvalue weighted by atomic mass is 15.4. The monoisotopic (exact) mass is 800 g/mol. The van der Waals surface area contributed by atoms with Crippen LogP contribution in [0.3, 0.4) is 0 Å². The molecule has 0 radical (unpaired) electrons. The van der Waals surface area contributed by atoms with Gasteiger partial charge in [-0.2, -0.15) is 20.0 Å². The maximum Gasteiger partial charge on any atom is 0.244 e. The van der Waals surface area contributed by atoms with Gasteiger partial charge in [0.15, 0.2) is 0 Å². The van der Waals surface area contributed by atoms with Gasteiger partial charge in [0, 0.05) is 0 Å². The van der Waals surface area contributed by atoms with E-state index in [4.69, 9.17) is 39.9 Å². The number of quaternary nitrogens is 4. The highest BCUT2D eigenvalue weighted by Gasteiger charge is 2.45. The van der Waals surface area contributed by atoms with Gasteiger partial charge in [0.05, 0.1) is 123 Å². The molecule has 0 aromatic heterocycles. The van der Waals surface area contributed by atoms with Gasteiger partial charge in [-0.05, 0) is 104 Å². The van der Waals surface area contributed by atoms with Crippen LogP contribution in [-0.4, -0.2) is 116 Å². The Morgan fingerprint density at radius 1 is 0.300 bits per heavy atom. The van der Waals surface area contributed by atoms with E-state index in [1.54, 1.807) is 0 Å². The van der Waals surface area contributed by atoms with Crippen molar-refractivity contribution in [2.24, 2.45) is 39.9 Å². The Kier molecular flexibility index (Phi) is 9.86. The van der Waals surface area contributed by atoms with Gasteiger partial charge < -0.3 is 0 Å². The van der Waals surface area contributed by atoms with Crippen LogP contribution in [0.15, 0.2) is 183 Å². The van der Waals surface area contributed by atoms with E-state index in [0.717, 1.165) is 144 Å². The number of aliphatic imine (C=N–C) groups is 8. The van der Waals surface area contributed by atoms with Crippen molar-refractivity contribution in [1.29, 1.82) is 0 Å². The Hall–Kier alpha value is -5.92. The number of likely N-dealkylation sites (N-methyl/N-ethyl adjacent to an activating group) is 4. The first-order valence-electron chi connectivity index (χ1n) is 21.8. The number of amidine groups is 4. The minimum absolute atomic E-state index is 0.589. The van der Waals surface area contributed by atoms with Gasteiger partial charge in [0.25, 0.3) is 0 Å². The molecule has 9 aliphatic heterocycles. The number of rotatable bonds is 12. The molecule has 0 aromatic carbocycles. The van der Waals surface area contributed by atoms with E-state index in [0.29, 0.717) is 17.9 Å². The van der Waals surface area contributed by atoms with Gasteiger partial charge in [-0.3, -0.25) is 0 Å². The minimum Gasteiger partial charge on any atom is -0.247 e. The average Bonchev–Trinajstić information content (AvgIpc) is 4.14. The first kappa shape index (κ1) is 39.5. The van der Waals surface area contributed by atoms with Crippen LogP contribution in [0.4, 0.5) is 0 Å². The lowest BCUT2D eigenvalue weighted by atomic mass is 10.0. The molecule has 0 atom stereocenters. The second kappa shape index (κ2) is 15.0. The van der Waals surface area contributed by atoms with Crippen LogP contribution < -0.4 is 0 Å². The highest BCUT2D eigenvalue weighted by Crippen LogP contribution is 2.38. The molecule has 0 spiro atoms. The lowest BCUT2D eigenvalue weighted by molar-refractivity contribution is -0.781. The molecule has 0 N–H and O–H groups in total. The van der Waals surface area contributed by atoms with Crippen LogP contribution in [0, 0.1) is 0 Å². The largest absolute Gasteiger partial charge is 0.247 e. The molecule has 8 bridgehead atoms. The van der Waals surface area contributed by atoms with E-state index in [2.05, 4.69) is 129 Å². The molecular formula is C48H56N12+4. The summed E-state index contributed by atoms with van der Waals surface area (Å²) in [6.45, 7) is 24.4. The molecule has 9 aliphatic rings. The standard InChI is InChI=1S/C48H56N12/c1-9-57(10-2)29-25-49-45(57)41-33-17-19-35(53-33)42(46-50-26-30-58(46,11-3)12-4)37-21-23-39(55-37)44(48-52-28-32-60(48,15-7)16-8)40-24-22-38(56-40)43(36-20-18-34(41)54-36)47-51-27-31-59(47,13-5)14-6/h17-32H,9-16H2,1-8H3/q+4. The molecule has 0 fully saturated rings. The SMILES string of the molecule is CC[N+]1(CC)C=CN=C1C1=C2C=CC(=N2)C(C2=NC=C[N+]2(CC)CC)=C2C=CC(=N2)C(C2=NC=C[N+]2(CC)CC)=C2C=CC(=N2)C(C2=NC=C[N+]2(CC)CC)=C2C=CC1=N2. The summed E-state index contributed by atoms with van der Waals surface area (Å²) in [6.07, 6.45) is 33.5. The Bertz CT molecular complexity index is 2240.